The van der Waals surface area contributed by atoms with E-state index in [9.17, 15) is 0 Å². The van der Waals surface area contributed by atoms with E-state index in [4.69, 9.17) is 4.74 Å². The van der Waals surface area contributed by atoms with Crippen LogP contribution in [-0.2, 0) is 4.74 Å². The lowest BCUT2D eigenvalue weighted by molar-refractivity contribution is -0.114. The fourth-order valence-electron chi connectivity index (χ4n) is 3.99. The summed E-state index contributed by atoms with van der Waals surface area (Å²) in [5.74, 6) is 1.13. The van der Waals surface area contributed by atoms with E-state index in [0.29, 0.717) is 6.04 Å². The monoisotopic (exact) mass is 302 g/mol. The van der Waals surface area contributed by atoms with Crippen molar-refractivity contribution in [1.82, 2.24) is 9.55 Å². The summed E-state index contributed by atoms with van der Waals surface area (Å²) in [7, 11) is 0. The largest absolute Gasteiger partial charge is 0.375 e. The summed E-state index contributed by atoms with van der Waals surface area (Å²) in [6.45, 7) is 0.896. The van der Waals surface area contributed by atoms with E-state index < -0.39 is 0 Å². The molecule has 2 aromatic rings. The second-order valence-electron chi connectivity index (χ2n) is 6.37. The molecule has 4 heteroatoms. The molecule has 1 saturated carbocycles. The van der Waals surface area contributed by atoms with E-state index in [2.05, 4.69) is 33.3 Å². The van der Waals surface area contributed by atoms with E-state index >= 15 is 0 Å². The minimum absolute atomic E-state index is 0.151. The molecule has 2 aromatic heterocycles. The van der Waals surface area contributed by atoms with Gasteiger partial charge >= 0.3 is 0 Å². The van der Waals surface area contributed by atoms with Crippen molar-refractivity contribution in [2.45, 2.75) is 56.6 Å². The molecule has 112 valence electrons. The normalized spacial score (nSPS) is 25.2. The van der Waals surface area contributed by atoms with E-state index in [1.54, 1.807) is 11.3 Å². The number of nitrogens with zero attached hydrogens (tertiary/aromatic N) is 2. The highest BCUT2D eigenvalue weighted by atomic mass is 32.1. The third-order valence-corrected chi connectivity index (χ3v) is 5.90. The third-order valence-electron chi connectivity index (χ3n) is 5.04. The van der Waals surface area contributed by atoms with Gasteiger partial charge < -0.3 is 9.30 Å². The van der Waals surface area contributed by atoms with Crippen LogP contribution in [0.1, 0.15) is 51.0 Å². The second-order valence-corrected chi connectivity index (χ2v) is 7.32. The van der Waals surface area contributed by atoms with Gasteiger partial charge in [-0.15, -0.1) is 11.3 Å². The van der Waals surface area contributed by atoms with E-state index in [1.165, 1.54) is 37.0 Å². The van der Waals surface area contributed by atoms with E-state index in [-0.39, 0.29) is 5.60 Å². The zero-order valence-corrected chi connectivity index (χ0v) is 13.1. The van der Waals surface area contributed by atoms with Crippen LogP contribution in [0.25, 0.3) is 10.7 Å². The zero-order chi connectivity index (χ0) is 14.1. The van der Waals surface area contributed by atoms with Crippen molar-refractivity contribution >= 4 is 11.3 Å². The summed E-state index contributed by atoms with van der Waals surface area (Å²) in [6, 6.07) is 4.81. The number of thiophene rings is 1. The predicted octanol–water partition coefficient (Wildman–Crippen LogP) is 4.67. The van der Waals surface area contributed by atoms with Crippen LogP contribution in [0, 0.1) is 0 Å². The number of rotatable bonds is 2. The molecule has 1 unspecified atom stereocenters. The van der Waals surface area contributed by atoms with Crippen molar-refractivity contribution in [3.8, 4) is 10.7 Å². The van der Waals surface area contributed by atoms with Crippen LogP contribution in [0.2, 0.25) is 0 Å². The van der Waals surface area contributed by atoms with Gasteiger partial charge in [0, 0.05) is 25.0 Å². The number of hydrogen-bond donors (Lipinski definition) is 0. The molecular formula is C17H22N2OS. The highest BCUT2D eigenvalue weighted by Crippen LogP contribution is 2.43. The zero-order valence-electron chi connectivity index (χ0n) is 12.3. The topological polar surface area (TPSA) is 27.1 Å². The van der Waals surface area contributed by atoms with Crippen molar-refractivity contribution in [2.75, 3.05) is 6.61 Å². The van der Waals surface area contributed by atoms with Gasteiger partial charge in [-0.05, 0) is 37.1 Å². The van der Waals surface area contributed by atoms with Crippen LogP contribution in [0.4, 0.5) is 0 Å². The van der Waals surface area contributed by atoms with Gasteiger partial charge in [0.25, 0.3) is 0 Å². The van der Waals surface area contributed by atoms with Crippen molar-refractivity contribution in [3.63, 3.8) is 0 Å². The summed E-state index contributed by atoms with van der Waals surface area (Å²) in [6.07, 6.45) is 12.9. The Labute approximate surface area is 130 Å². The molecule has 2 aliphatic rings. The highest BCUT2D eigenvalue weighted by molar-refractivity contribution is 7.13. The first kappa shape index (κ1) is 13.5. The SMILES string of the molecule is c1csc(-c2nccn2C2CCOC3(CCCCC3)C2)c1. The quantitative estimate of drug-likeness (QED) is 0.806. The molecule has 0 bridgehead atoms. The first-order valence-corrected chi connectivity index (χ1v) is 8.95. The lowest BCUT2D eigenvalue weighted by Crippen LogP contribution is -2.42. The summed E-state index contributed by atoms with van der Waals surface area (Å²) in [5, 5.41) is 2.13. The Kier molecular flexibility index (Phi) is 3.59. The predicted molar refractivity (Wildman–Crippen MR) is 85.6 cm³/mol. The molecule has 0 radical (unpaired) electrons. The third kappa shape index (κ3) is 2.55. The van der Waals surface area contributed by atoms with Crippen LogP contribution in [0.5, 0.6) is 0 Å². The van der Waals surface area contributed by atoms with Crippen molar-refractivity contribution in [2.24, 2.45) is 0 Å². The number of aromatic nitrogens is 2. The van der Waals surface area contributed by atoms with Gasteiger partial charge in [-0.2, -0.15) is 0 Å². The summed E-state index contributed by atoms with van der Waals surface area (Å²) in [5.41, 5.74) is 0.151. The number of imidazole rings is 1. The van der Waals surface area contributed by atoms with Gasteiger partial charge in [0.1, 0.15) is 5.82 Å². The summed E-state index contributed by atoms with van der Waals surface area (Å²) in [4.78, 5) is 5.87. The Morgan fingerprint density at radius 2 is 2.19 bits per heavy atom. The second kappa shape index (κ2) is 5.58. The molecule has 0 N–H and O–H groups in total. The Morgan fingerprint density at radius 1 is 1.29 bits per heavy atom. The maximum atomic E-state index is 6.23. The van der Waals surface area contributed by atoms with Crippen LogP contribution in [-0.4, -0.2) is 21.8 Å². The highest BCUT2D eigenvalue weighted by Gasteiger charge is 2.39. The molecule has 3 nitrogen and oxygen atoms in total. The van der Waals surface area contributed by atoms with Crippen molar-refractivity contribution in [1.29, 1.82) is 0 Å². The lowest BCUT2D eigenvalue weighted by Gasteiger charge is -2.44. The Morgan fingerprint density at radius 3 is 3.00 bits per heavy atom. The minimum Gasteiger partial charge on any atom is -0.375 e. The Bertz CT molecular complexity index is 578. The van der Waals surface area contributed by atoms with Crippen LogP contribution >= 0.6 is 11.3 Å². The molecule has 0 amide bonds. The first-order valence-electron chi connectivity index (χ1n) is 8.07. The fourth-order valence-corrected chi connectivity index (χ4v) is 4.71. The summed E-state index contributed by atoms with van der Waals surface area (Å²) < 4.78 is 8.63. The molecule has 1 spiro atoms. The van der Waals surface area contributed by atoms with Gasteiger partial charge in [0.2, 0.25) is 0 Å². The Hall–Kier alpha value is -1.13. The molecule has 3 heterocycles. The molecule has 1 aliphatic heterocycles. The fraction of sp³-hybridized carbons (Fsp3) is 0.588. The van der Waals surface area contributed by atoms with Gasteiger partial charge in [-0.25, -0.2) is 4.98 Å². The number of hydrogen-bond acceptors (Lipinski definition) is 3. The smallest absolute Gasteiger partial charge is 0.150 e. The van der Waals surface area contributed by atoms with Crippen LogP contribution < -0.4 is 0 Å². The molecule has 2 fully saturated rings. The molecule has 4 rings (SSSR count). The van der Waals surface area contributed by atoms with Gasteiger partial charge in [0.05, 0.1) is 10.5 Å². The standard InChI is InChI=1S/C17H22N2OS/c1-2-7-17(8-3-1)13-14(6-11-20-17)19-10-9-18-16(19)15-5-4-12-21-15/h4-5,9-10,12,14H,1-3,6-8,11,13H2. The molecule has 0 aromatic carbocycles. The molecular weight excluding hydrogens is 280 g/mol. The average Bonchev–Trinajstić information content (AvgIpc) is 3.19. The lowest BCUT2D eigenvalue weighted by atomic mass is 9.78. The average molecular weight is 302 g/mol. The van der Waals surface area contributed by atoms with Crippen molar-refractivity contribution < 1.29 is 4.74 Å². The van der Waals surface area contributed by atoms with Crippen LogP contribution in [0.15, 0.2) is 29.9 Å². The van der Waals surface area contributed by atoms with Gasteiger partial charge in [-0.1, -0.05) is 25.3 Å². The molecule has 1 atom stereocenters. The minimum atomic E-state index is 0.151. The maximum absolute atomic E-state index is 6.23. The molecule has 1 aliphatic carbocycles. The molecule has 1 saturated heterocycles. The maximum Gasteiger partial charge on any atom is 0.150 e. The van der Waals surface area contributed by atoms with Gasteiger partial charge in [0.15, 0.2) is 0 Å². The Balaban J connectivity index is 1.60. The first-order chi connectivity index (χ1) is 10.4. The summed E-state index contributed by atoms with van der Waals surface area (Å²) >= 11 is 1.77. The van der Waals surface area contributed by atoms with Gasteiger partial charge in [-0.3, -0.25) is 0 Å². The van der Waals surface area contributed by atoms with E-state index in [0.717, 1.165) is 25.3 Å². The number of ether oxygens (including phenoxy) is 1. The van der Waals surface area contributed by atoms with Crippen molar-refractivity contribution in [3.05, 3.63) is 29.9 Å². The van der Waals surface area contributed by atoms with E-state index in [1.807, 2.05) is 6.20 Å². The van der Waals surface area contributed by atoms with Crippen LogP contribution in [0.3, 0.4) is 0 Å². The molecule has 21 heavy (non-hydrogen) atoms.